The Morgan fingerprint density at radius 1 is 1.24 bits per heavy atom. The summed E-state index contributed by atoms with van der Waals surface area (Å²) in [5, 5.41) is 13.4. The lowest BCUT2D eigenvalue weighted by Crippen LogP contribution is -2.03. The maximum atomic E-state index is 10.9. The molecule has 0 aliphatic carbocycles. The maximum absolute atomic E-state index is 10.9. The lowest BCUT2D eigenvalue weighted by Gasteiger charge is -2.08. The van der Waals surface area contributed by atoms with Crippen molar-refractivity contribution in [2.24, 2.45) is 0 Å². The summed E-state index contributed by atoms with van der Waals surface area (Å²) in [7, 11) is 0. The second kappa shape index (κ2) is 7.49. The molecule has 1 aromatic heterocycles. The Balaban J connectivity index is 1.69. The normalized spacial score (nSPS) is 11.5. The van der Waals surface area contributed by atoms with Crippen molar-refractivity contribution in [3.8, 4) is 0 Å². The Labute approximate surface area is 154 Å². The summed E-state index contributed by atoms with van der Waals surface area (Å²) in [5.41, 5.74) is 4.31. The maximum Gasteiger partial charge on any atom is 0.335 e. The number of fused-ring (bicyclic) bond motifs is 1. The van der Waals surface area contributed by atoms with Crippen molar-refractivity contribution >= 4 is 44.6 Å². The van der Waals surface area contributed by atoms with Crippen LogP contribution in [-0.2, 0) is 0 Å². The quantitative estimate of drug-likeness (QED) is 0.621. The van der Waals surface area contributed by atoms with E-state index in [1.54, 1.807) is 12.1 Å². The van der Waals surface area contributed by atoms with Gasteiger partial charge in [-0.1, -0.05) is 35.9 Å². The third-order valence-electron chi connectivity index (χ3n) is 3.80. The number of benzene rings is 2. The third-order valence-corrected chi connectivity index (χ3v) is 4.44. The highest BCUT2D eigenvalue weighted by molar-refractivity contribution is 9.10. The van der Waals surface area contributed by atoms with Crippen LogP contribution in [0.3, 0.4) is 0 Å². The largest absolute Gasteiger partial charge is 0.478 e. The van der Waals surface area contributed by atoms with E-state index in [0.29, 0.717) is 12.1 Å². The van der Waals surface area contributed by atoms with Crippen LogP contribution in [-0.4, -0.2) is 22.6 Å². The second-order valence-electron chi connectivity index (χ2n) is 5.81. The SMILES string of the molecule is C/C(=C\c1ccc(C(=O)O)cc1)CNc1cnc2c(Br)cccc2c1. The van der Waals surface area contributed by atoms with Crippen LogP contribution in [0.1, 0.15) is 22.8 Å². The summed E-state index contributed by atoms with van der Waals surface area (Å²) < 4.78 is 0.984. The topological polar surface area (TPSA) is 62.2 Å². The first-order chi connectivity index (χ1) is 12.0. The summed E-state index contributed by atoms with van der Waals surface area (Å²) in [4.78, 5) is 15.4. The molecule has 126 valence electrons. The van der Waals surface area contributed by atoms with Crippen LogP contribution in [0.15, 0.2) is 64.8 Å². The van der Waals surface area contributed by atoms with Crippen LogP contribution in [0.5, 0.6) is 0 Å². The van der Waals surface area contributed by atoms with E-state index in [9.17, 15) is 4.79 Å². The molecule has 0 saturated heterocycles. The number of carboxylic acid groups (broad SMARTS) is 1. The summed E-state index contributed by atoms with van der Waals surface area (Å²) in [6.07, 6.45) is 3.85. The number of carboxylic acids is 1. The number of pyridine rings is 1. The van der Waals surface area contributed by atoms with Crippen molar-refractivity contribution in [3.05, 3.63) is 75.9 Å². The predicted octanol–water partition coefficient (Wildman–Crippen LogP) is 5.21. The van der Waals surface area contributed by atoms with Gasteiger partial charge in [0.1, 0.15) is 0 Å². The summed E-state index contributed by atoms with van der Waals surface area (Å²) in [6, 6.07) is 14.9. The van der Waals surface area contributed by atoms with E-state index in [0.717, 1.165) is 32.2 Å². The number of carbonyl (C=O) groups is 1. The first-order valence-electron chi connectivity index (χ1n) is 7.81. The highest BCUT2D eigenvalue weighted by atomic mass is 79.9. The molecule has 4 nitrogen and oxygen atoms in total. The van der Waals surface area contributed by atoms with Crippen LogP contribution in [0.25, 0.3) is 17.0 Å². The molecule has 0 spiro atoms. The molecule has 0 saturated carbocycles. The average molecular weight is 397 g/mol. The van der Waals surface area contributed by atoms with E-state index >= 15 is 0 Å². The molecule has 25 heavy (non-hydrogen) atoms. The molecule has 0 atom stereocenters. The first-order valence-corrected chi connectivity index (χ1v) is 8.61. The number of hydrogen-bond acceptors (Lipinski definition) is 3. The number of para-hydroxylation sites is 1. The fourth-order valence-corrected chi connectivity index (χ4v) is 3.00. The Morgan fingerprint density at radius 3 is 2.72 bits per heavy atom. The zero-order chi connectivity index (χ0) is 17.8. The van der Waals surface area contributed by atoms with Crippen molar-refractivity contribution in [2.45, 2.75) is 6.92 Å². The van der Waals surface area contributed by atoms with Gasteiger partial charge in [0, 0.05) is 16.4 Å². The fraction of sp³-hybridized carbons (Fsp3) is 0.100. The number of aromatic nitrogens is 1. The number of halogens is 1. The minimum atomic E-state index is -0.913. The van der Waals surface area contributed by atoms with Crippen molar-refractivity contribution < 1.29 is 9.90 Å². The number of hydrogen-bond donors (Lipinski definition) is 2. The van der Waals surface area contributed by atoms with E-state index in [1.165, 1.54) is 0 Å². The fourth-order valence-electron chi connectivity index (χ4n) is 2.52. The van der Waals surface area contributed by atoms with Gasteiger partial charge in [0.25, 0.3) is 0 Å². The average Bonchev–Trinajstić information content (AvgIpc) is 2.60. The van der Waals surface area contributed by atoms with Crippen molar-refractivity contribution in [2.75, 3.05) is 11.9 Å². The standard InChI is InChI=1S/C20H17BrN2O2/c1-13(9-14-5-7-15(8-6-14)20(24)25)11-22-17-10-16-3-2-4-18(21)19(16)23-12-17/h2-10,12,22H,11H2,1H3,(H,24,25)/b13-9+. The highest BCUT2D eigenvalue weighted by Gasteiger charge is 2.02. The van der Waals surface area contributed by atoms with Gasteiger partial charge >= 0.3 is 5.97 Å². The van der Waals surface area contributed by atoms with Crippen LogP contribution in [0.4, 0.5) is 5.69 Å². The highest BCUT2D eigenvalue weighted by Crippen LogP contribution is 2.24. The van der Waals surface area contributed by atoms with E-state index in [2.05, 4.69) is 32.3 Å². The van der Waals surface area contributed by atoms with E-state index in [4.69, 9.17) is 5.11 Å². The lowest BCUT2D eigenvalue weighted by molar-refractivity contribution is 0.0697. The van der Waals surface area contributed by atoms with Gasteiger partial charge in [-0.15, -0.1) is 0 Å². The second-order valence-corrected chi connectivity index (χ2v) is 6.66. The first kappa shape index (κ1) is 17.2. The number of nitrogens with one attached hydrogen (secondary N) is 1. The smallest absolute Gasteiger partial charge is 0.335 e. The lowest BCUT2D eigenvalue weighted by atomic mass is 10.1. The van der Waals surface area contributed by atoms with E-state index in [1.807, 2.05) is 49.5 Å². The van der Waals surface area contributed by atoms with Crippen LogP contribution in [0.2, 0.25) is 0 Å². The Hall–Kier alpha value is -2.66. The van der Waals surface area contributed by atoms with Crippen molar-refractivity contribution in [1.82, 2.24) is 4.98 Å². The Bertz CT molecular complexity index is 950. The molecule has 2 N–H and O–H groups in total. The molecule has 0 amide bonds. The molecule has 3 aromatic rings. The molecule has 0 bridgehead atoms. The van der Waals surface area contributed by atoms with E-state index in [-0.39, 0.29) is 0 Å². The number of anilines is 1. The third kappa shape index (κ3) is 4.25. The molecule has 0 radical (unpaired) electrons. The Morgan fingerprint density at radius 2 is 2.00 bits per heavy atom. The van der Waals surface area contributed by atoms with Gasteiger partial charge in [-0.3, -0.25) is 4.98 Å². The summed E-state index contributed by atoms with van der Waals surface area (Å²) in [5.74, 6) is -0.913. The molecule has 0 aliphatic rings. The summed E-state index contributed by atoms with van der Waals surface area (Å²) in [6.45, 7) is 2.71. The Kier molecular flexibility index (Phi) is 5.14. The van der Waals surface area contributed by atoms with Crippen molar-refractivity contribution in [1.29, 1.82) is 0 Å². The molecule has 0 aliphatic heterocycles. The zero-order valence-corrected chi connectivity index (χ0v) is 15.2. The monoisotopic (exact) mass is 396 g/mol. The van der Waals surface area contributed by atoms with Crippen LogP contribution >= 0.6 is 15.9 Å². The van der Waals surface area contributed by atoms with Gasteiger partial charge in [0.15, 0.2) is 0 Å². The van der Waals surface area contributed by atoms with Crippen LogP contribution in [0, 0.1) is 0 Å². The molecular weight excluding hydrogens is 380 g/mol. The van der Waals surface area contributed by atoms with Gasteiger partial charge in [0.2, 0.25) is 0 Å². The van der Waals surface area contributed by atoms with Gasteiger partial charge in [-0.2, -0.15) is 0 Å². The molecule has 0 unspecified atom stereocenters. The molecule has 0 fully saturated rings. The number of rotatable bonds is 5. The van der Waals surface area contributed by atoms with Gasteiger partial charge < -0.3 is 10.4 Å². The predicted molar refractivity (Wildman–Crippen MR) is 105 cm³/mol. The molecule has 2 aromatic carbocycles. The number of aromatic carboxylic acids is 1. The molecular formula is C20H17BrN2O2. The van der Waals surface area contributed by atoms with Gasteiger partial charge in [-0.25, -0.2) is 4.79 Å². The van der Waals surface area contributed by atoms with Gasteiger partial charge in [-0.05, 0) is 52.7 Å². The van der Waals surface area contributed by atoms with Crippen molar-refractivity contribution in [3.63, 3.8) is 0 Å². The van der Waals surface area contributed by atoms with Crippen LogP contribution < -0.4 is 5.32 Å². The molecule has 1 heterocycles. The minimum Gasteiger partial charge on any atom is -0.478 e. The van der Waals surface area contributed by atoms with E-state index < -0.39 is 5.97 Å². The summed E-state index contributed by atoms with van der Waals surface area (Å²) >= 11 is 3.51. The molecule has 3 rings (SSSR count). The number of nitrogens with zero attached hydrogens (tertiary/aromatic N) is 1. The van der Waals surface area contributed by atoms with Gasteiger partial charge in [0.05, 0.1) is 23.0 Å². The molecule has 5 heteroatoms. The zero-order valence-electron chi connectivity index (χ0n) is 13.7. The minimum absolute atomic E-state index is 0.293.